The molecule has 2 rings (SSSR count). The topological polar surface area (TPSA) is 113 Å². The molecule has 0 radical (unpaired) electrons. The first-order valence-electron chi connectivity index (χ1n) is 10.4. The summed E-state index contributed by atoms with van der Waals surface area (Å²) in [7, 11) is 1.61. The lowest BCUT2D eigenvalue weighted by Gasteiger charge is -2.16. The third-order valence-electron chi connectivity index (χ3n) is 4.47. The number of para-hydroxylation sites is 1. The highest BCUT2D eigenvalue weighted by Gasteiger charge is 2.39. The van der Waals surface area contributed by atoms with E-state index in [2.05, 4.69) is 4.99 Å². The Labute approximate surface area is 192 Å². The number of benzene rings is 1. The first-order chi connectivity index (χ1) is 15.3. The van der Waals surface area contributed by atoms with Gasteiger partial charge in [-0.05, 0) is 19.1 Å². The van der Waals surface area contributed by atoms with Gasteiger partial charge in [-0.25, -0.2) is 4.79 Å². The summed E-state index contributed by atoms with van der Waals surface area (Å²) in [5.41, 5.74) is -0.700. The zero-order valence-electron chi connectivity index (χ0n) is 18.9. The van der Waals surface area contributed by atoms with Gasteiger partial charge in [-0.1, -0.05) is 19.9 Å². The summed E-state index contributed by atoms with van der Waals surface area (Å²) in [5, 5.41) is 9.96. The van der Waals surface area contributed by atoms with E-state index in [9.17, 15) is 14.7 Å². The molecule has 0 saturated heterocycles. The van der Waals surface area contributed by atoms with Crippen LogP contribution in [0.15, 0.2) is 23.2 Å². The lowest BCUT2D eigenvalue weighted by molar-refractivity contribution is -0.141. The normalized spacial score (nSPS) is 18.0. The zero-order valence-corrected chi connectivity index (χ0v) is 19.7. The highest BCUT2D eigenvalue weighted by atomic mass is 32.2. The average molecular weight is 470 g/mol. The standard InChI is InChI=1S/C22H31NO8S/c1-15(2)20(24)31-18-16(19-23-22(3,14-32-19)21(25)26)6-5-7-17(18)30-13-12-29-11-10-28-9-8-27-4/h5-7,15H,8-14H2,1-4H3,(H,25,26). The fraction of sp³-hybridized carbons (Fsp3) is 0.591. The second kappa shape index (κ2) is 12.8. The van der Waals surface area contributed by atoms with Crippen LogP contribution in [-0.2, 0) is 23.8 Å². The molecule has 1 aromatic carbocycles. The largest absolute Gasteiger partial charge is 0.487 e. The molecule has 0 fully saturated rings. The molecule has 9 nitrogen and oxygen atoms in total. The SMILES string of the molecule is COCCOCCOCCOc1cccc(C2=NC(C)(C(=O)O)CS2)c1OC(=O)C(C)C. The van der Waals surface area contributed by atoms with Crippen LogP contribution in [0.5, 0.6) is 11.5 Å². The number of methoxy groups -OCH3 is 1. The van der Waals surface area contributed by atoms with Crippen molar-refractivity contribution in [3.63, 3.8) is 0 Å². The van der Waals surface area contributed by atoms with E-state index in [1.54, 1.807) is 46.1 Å². The third kappa shape index (κ3) is 7.47. The van der Waals surface area contributed by atoms with Crippen molar-refractivity contribution in [3.8, 4) is 11.5 Å². The van der Waals surface area contributed by atoms with E-state index >= 15 is 0 Å². The number of aliphatic carboxylic acids is 1. The van der Waals surface area contributed by atoms with Crippen LogP contribution in [0.2, 0.25) is 0 Å². The summed E-state index contributed by atoms with van der Waals surface area (Å²) >= 11 is 1.31. The molecule has 0 aliphatic carbocycles. The molecule has 1 atom stereocenters. The van der Waals surface area contributed by atoms with E-state index in [-0.39, 0.29) is 18.3 Å². The van der Waals surface area contributed by atoms with Gasteiger partial charge in [0.05, 0.1) is 44.5 Å². The van der Waals surface area contributed by atoms with Crippen LogP contribution in [0.1, 0.15) is 26.3 Å². The van der Waals surface area contributed by atoms with E-state index in [0.29, 0.717) is 55.1 Å². The van der Waals surface area contributed by atoms with Gasteiger partial charge in [-0.2, -0.15) is 0 Å². The lowest BCUT2D eigenvalue weighted by atomic mass is 10.1. The smallest absolute Gasteiger partial charge is 0.332 e. The molecule has 178 valence electrons. The molecule has 0 bridgehead atoms. The number of thioether (sulfide) groups is 1. The third-order valence-corrected chi connectivity index (χ3v) is 5.76. The Morgan fingerprint density at radius 3 is 2.38 bits per heavy atom. The molecule has 0 amide bonds. The fourth-order valence-corrected chi connectivity index (χ4v) is 3.73. The van der Waals surface area contributed by atoms with Gasteiger partial charge in [-0.15, -0.1) is 11.8 Å². The van der Waals surface area contributed by atoms with Gasteiger partial charge in [0.25, 0.3) is 0 Å². The van der Waals surface area contributed by atoms with Gasteiger partial charge in [0, 0.05) is 12.9 Å². The molecule has 0 aromatic heterocycles. The van der Waals surface area contributed by atoms with E-state index in [4.69, 9.17) is 23.7 Å². The summed E-state index contributed by atoms with van der Waals surface area (Å²) in [5.74, 6) is -0.882. The number of carbonyl (C=O) groups is 2. The van der Waals surface area contributed by atoms with Gasteiger partial charge in [0.15, 0.2) is 17.0 Å². The molecule has 32 heavy (non-hydrogen) atoms. The summed E-state index contributed by atoms with van der Waals surface area (Å²) in [6.07, 6.45) is 0. The van der Waals surface area contributed by atoms with Gasteiger partial charge < -0.3 is 28.8 Å². The van der Waals surface area contributed by atoms with Gasteiger partial charge in [0.1, 0.15) is 11.7 Å². The van der Waals surface area contributed by atoms with Crippen molar-refractivity contribution >= 4 is 28.7 Å². The van der Waals surface area contributed by atoms with Crippen LogP contribution in [0.4, 0.5) is 0 Å². The predicted octanol–water partition coefficient (Wildman–Crippen LogP) is 2.64. The molecule has 1 aromatic rings. The molecule has 1 N–H and O–H groups in total. The van der Waals surface area contributed by atoms with Crippen molar-refractivity contribution in [2.24, 2.45) is 10.9 Å². The Bertz CT molecular complexity index is 813. The number of carbonyl (C=O) groups excluding carboxylic acids is 1. The van der Waals surface area contributed by atoms with Crippen molar-refractivity contribution in [2.75, 3.05) is 52.5 Å². The fourth-order valence-electron chi connectivity index (χ4n) is 2.54. The minimum atomic E-state index is -1.23. The molecule has 0 spiro atoms. The summed E-state index contributed by atoms with van der Waals surface area (Å²) in [6, 6.07) is 5.18. The number of aliphatic imine (C=N–C) groups is 1. The van der Waals surface area contributed by atoms with Gasteiger partial charge in [0.2, 0.25) is 0 Å². The van der Waals surface area contributed by atoms with Gasteiger partial charge in [-0.3, -0.25) is 9.79 Å². The Morgan fingerprint density at radius 2 is 1.78 bits per heavy atom. The molecule has 1 aliphatic heterocycles. The van der Waals surface area contributed by atoms with Gasteiger partial charge >= 0.3 is 11.9 Å². The number of hydrogen-bond donors (Lipinski definition) is 1. The Kier molecular flexibility index (Phi) is 10.4. The molecular formula is C22H31NO8S. The Morgan fingerprint density at radius 1 is 1.12 bits per heavy atom. The number of nitrogens with zero attached hydrogens (tertiary/aromatic N) is 1. The molecular weight excluding hydrogens is 438 g/mol. The highest BCUT2D eigenvalue weighted by molar-refractivity contribution is 8.14. The van der Waals surface area contributed by atoms with Crippen LogP contribution in [-0.4, -0.2) is 80.1 Å². The van der Waals surface area contributed by atoms with Crippen LogP contribution < -0.4 is 9.47 Å². The van der Waals surface area contributed by atoms with Crippen LogP contribution in [0, 0.1) is 5.92 Å². The van der Waals surface area contributed by atoms with Crippen LogP contribution in [0.25, 0.3) is 0 Å². The van der Waals surface area contributed by atoms with Crippen LogP contribution >= 0.6 is 11.8 Å². The molecule has 10 heteroatoms. The predicted molar refractivity (Wildman–Crippen MR) is 121 cm³/mol. The minimum Gasteiger partial charge on any atom is -0.487 e. The summed E-state index contributed by atoms with van der Waals surface area (Å²) < 4.78 is 27.2. The first-order valence-corrected chi connectivity index (χ1v) is 11.4. The maximum atomic E-state index is 12.3. The average Bonchev–Trinajstić information content (AvgIpc) is 3.16. The number of rotatable bonds is 14. The van der Waals surface area contributed by atoms with E-state index < -0.39 is 17.5 Å². The van der Waals surface area contributed by atoms with Crippen molar-refractivity contribution in [2.45, 2.75) is 26.3 Å². The van der Waals surface area contributed by atoms with Crippen molar-refractivity contribution < 1.29 is 38.4 Å². The monoisotopic (exact) mass is 469 g/mol. The summed E-state index contributed by atoms with van der Waals surface area (Å²) in [6.45, 7) is 7.51. The van der Waals surface area contributed by atoms with Crippen molar-refractivity contribution in [1.29, 1.82) is 0 Å². The lowest BCUT2D eigenvalue weighted by Crippen LogP contribution is -2.33. The van der Waals surface area contributed by atoms with Crippen molar-refractivity contribution in [1.82, 2.24) is 0 Å². The Balaban J connectivity index is 2.08. The molecule has 0 saturated carbocycles. The second-order valence-corrected chi connectivity index (χ2v) is 8.52. The van der Waals surface area contributed by atoms with E-state index in [1.165, 1.54) is 11.8 Å². The second-order valence-electron chi connectivity index (χ2n) is 7.56. The first kappa shape index (κ1) is 26.1. The number of carboxylic acid groups (broad SMARTS) is 1. The van der Waals surface area contributed by atoms with E-state index in [0.717, 1.165) is 0 Å². The number of carboxylic acids is 1. The molecule has 1 unspecified atom stereocenters. The zero-order chi connectivity index (χ0) is 23.6. The Hall–Kier alpha value is -2.14. The summed E-state index contributed by atoms with van der Waals surface area (Å²) in [4.78, 5) is 28.3. The quantitative estimate of drug-likeness (QED) is 0.250. The number of ether oxygens (including phenoxy) is 5. The number of esters is 1. The molecule has 1 aliphatic rings. The molecule has 1 heterocycles. The maximum absolute atomic E-state index is 12.3. The van der Waals surface area contributed by atoms with E-state index in [1.807, 2.05) is 0 Å². The maximum Gasteiger partial charge on any atom is 0.332 e. The van der Waals surface area contributed by atoms with Crippen LogP contribution in [0.3, 0.4) is 0 Å². The minimum absolute atomic E-state index is 0.231. The van der Waals surface area contributed by atoms with Crippen molar-refractivity contribution in [3.05, 3.63) is 23.8 Å². The highest BCUT2D eigenvalue weighted by Crippen LogP contribution is 2.39. The number of hydrogen-bond acceptors (Lipinski definition) is 9.